The van der Waals surface area contributed by atoms with E-state index in [1.807, 2.05) is 13.8 Å². The van der Waals surface area contributed by atoms with E-state index in [-0.39, 0.29) is 4.90 Å². The lowest BCUT2D eigenvalue weighted by molar-refractivity contribution is 0.454. The summed E-state index contributed by atoms with van der Waals surface area (Å²) in [4.78, 5) is 0.221. The fourth-order valence-electron chi connectivity index (χ4n) is 2.70. The van der Waals surface area contributed by atoms with Crippen LogP contribution < -0.4 is 9.46 Å². The fraction of sp³-hybridized carbons (Fsp3) is 0.0952. The van der Waals surface area contributed by atoms with Gasteiger partial charge in [-0.1, -0.05) is 6.07 Å². The molecule has 9 heteroatoms. The highest BCUT2D eigenvalue weighted by Crippen LogP contribution is 2.24. The van der Waals surface area contributed by atoms with Crippen LogP contribution in [0.1, 0.15) is 11.1 Å². The predicted octanol–water partition coefficient (Wildman–Crippen LogP) is 3.87. The molecule has 4 rings (SSSR count). The van der Waals surface area contributed by atoms with Gasteiger partial charge in [0.1, 0.15) is 5.75 Å². The van der Waals surface area contributed by atoms with Gasteiger partial charge in [0.15, 0.2) is 5.82 Å². The highest BCUT2D eigenvalue weighted by Gasteiger charge is 2.15. The Morgan fingerprint density at radius 2 is 1.73 bits per heavy atom. The summed E-state index contributed by atoms with van der Waals surface area (Å²) in [6.45, 7) is 3.82. The van der Waals surface area contributed by atoms with Crippen molar-refractivity contribution in [2.75, 3.05) is 4.72 Å². The van der Waals surface area contributed by atoms with E-state index >= 15 is 0 Å². The van der Waals surface area contributed by atoms with Gasteiger partial charge in [-0.25, -0.2) is 13.1 Å². The highest BCUT2D eigenvalue weighted by molar-refractivity contribution is 7.92. The van der Waals surface area contributed by atoms with Crippen molar-refractivity contribution in [1.29, 1.82) is 0 Å². The van der Waals surface area contributed by atoms with E-state index in [4.69, 9.17) is 4.74 Å². The topological polar surface area (TPSA) is 99.0 Å². The van der Waals surface area contributed by atoms with Gasteiger partial charge in [0, 0.05) is 24.1 Å². The Balaban J connectivity index is 1.44. The van der Waals surface area contributed by atoms with Crippen molar-refractivity contribution in [2.24, 2.45) is 0 Å². The summed E-state index contributed by atoms with van der Waals surface area (Å²) >= 11 is 0. The molecule has 0 saturated heterocycles. The first-order valence-corrected chi connectivity index (χ1v) is 10.6. The molecule has 2 heterocycles. The summed E-state index contributed by atoms with van der Waals surface area (Å²) < 4.78 is 35.0. The Kier molecular flexibility index (Phi) is 5.20. The molecule has 0 fully saturated rings. The van der Waals surface area contributed by atoms with E-state index in [1.165, 1.54) is 0 Å². The lowest BCUT2D eigenvalue weighted by Crippen LogP contribution is -2.13. The molecular weight excluding hydrogens is 402 g/mol. The zero-order valence-corrected chi connectivity index (χ0v) is 17.2. The highest BCUT2D eigenvalue weighted by atomic mass is 32.2. The average Bonchev–Trinajstić information content (AvgIpc) is 3.27. The number of hydrogen-bond acceptors (Lipinski definition) is 6. The maximum atomic E-state index is 12.6. The van der Waals surface area contributed by atoms with Gasteiger partial charge >= 0.3 is 0 Å². The van der Waals surface area contributed by atoms with Crippen molar-refractivity contribution >= 4 is 15.7 Å². The Hall–Kier alpha value is -3.72. The van der Waals surface area contributed by atoms with Gasteiger partial charge < -0.3 is 4.74 Å². The zero-order valence-electron chi connectivity index (χ0n) is 16.4. The molecule has 0 unspecified atom stereocenters. The van der Waals surface area contributed by atoms with Gasteiger partial charge in [-0.2, -0.15) is 5.10 Å². The van der Waals surface area contributed by atoms with Crippen LogP contribution in [0.3, 0.4) is 0 Å². The quantitative estimate of drug-likeness (QED) is 0.507. The molecule has 152 valence electrons. The smallest absolute Gasteiger partial charge is 0.261 e. The molecule has 0 aliphatic carbocycles. The molecule has 0 atom stereocenters. The van der Waals surface area contributed by atoms with Crippen molar-refractivity contribution in [3.8, 4) is 17.4 Å². The first-order valence-electron chi connectivity index (χ1n) is 9.12. The number of nitrogens with zero attached hydrogens (tertiary/aromatic N) is 4. The minimum atomic E-state index is -3.67. The number of aryl methyl sites for hydroxylation is 2. The van der Waals surface area contributed by atoms with Crippen molar-refractivity contribution in [3.05, 3.63) is 84.2 Å². The van der Waals surface area contributed by atoms with Crippen molar-refractivity contribution in [1.82, 2.24) is 20.0 Å². The van der Waals surface area contributed by atoms with Crippen LogP contribution in [0.4, 0.5) is 5.69 Å². The van der Waals surface area contributed by atoms with Crippen LogP contribution in [-0.4, -0.2) is 28.4 Å². The molecule has 2 aromatic carbocycles. The maximum absolute atomic E-state index is 12.6. The van der Waals surface area contributed by atoms with E-state index < -0.39 is 10.0 Å². The minimum Gasteiger partial charge on any atom is -0.438 e. The lowest BCUT2D eigenvalue weighted by atomic mass is 10.1. The molecule has 0 aliphatic heterocycles. The molecule has 30 heavy (non-hydrogen) atoms. The molecule has 2 aromatic heterocycles. The standard InChI is InChI=1S/C21H19N5O3S/c1-15-4-9-19(14-16(15)2)30(27,28)25-17-5-7-18(8-6-17)29-21-11-10-20(23-24-21)26-13-3-12-22-26/h3-14,25H,1-2H3. The summed E-state index contributed by atoms with van der Waals surface area (Å²) in [6, 6.07) is 16.8. The maximum Gasteiger partial charge on any atom is 0.261 e. The number of benzene rings is 2. The molecule has 0 radical (unpaired) electrons. The number of nitrogens with one attached hydrogen (secondary N) is 1. The van der Waals surface area contributed by atoms with Crippen LogP contribution >= 0.6 is 0 Å². The van der Waals surface area contributed by atoms with Crippen LogP contribution in [0.2, 0.25) is 0 Å². The predicted molar refractivity (Wildman–Crippen MR) is 112 cm³/mol. The summed E-state index contributed by atoms with van der Waals surface area (Å²) in [7, 11) is -3.67. The van der Waals surface area contributed by atoms with E-state index in [2.05, 4.69) is 20.0 Å². The Morgan fingerprint density at radius 3 is 2.37 bits per heavy atom. The third-order valence-corrected chi connectivity index (χ3v) is 5.86. The second kappa shape index (κ2) is 7.96. The van der Waals surface area contributed by atoms with Gasteiger partial charge in [-0.3, -0.25) is 4.72 Å². The number of anilines is 1. The van der Waals surface area contributed by atoms with Gasteiger partial charge in [0.2, 0.25) is 5.88 Å². The van der Waals surface area contributed by atoms with Crippen LogP contribution in [0.25, 0.3) is 5.82 Å². The first-order chi connectivity index (χ1) is 14.4. The third-order valence-electron chi connectivity index (χ3n) is 4.48. The SMILES string of the molecule is Cc1ccc(S(=O)(=O)Nc2ccc(Oc3ccc(-n4cccn4)nn3)cc2)cc1C. The average molecular weight is 421 g/mol. The van der Waals surface area contributed by atoms with E-state index in [0.717, 1.165) is 11.1 Å². The van der Waals surface area contributed by atoms with Gasteiger partial charge in [0.25, 0.3) is 10.0 Å². The van der Waals surface area contributed by atoms with Gasteiger partial charge in [-0.15, -0.1) is 10.2 Å². The second-order valence-corrected chi connectivity index (χ2v) is 8.34. The van der Waals surface area contributed by atoms with Crippen LogP contribution in [0.5, 0.6) is 11.6 Å². The molecule has 8 nitrogen and oxygen atoms in total. The van der Waals surface area contributed by atoms with Crippen LogP contribution in [0.15, 0.2) is 78.0 Å². The van der Waals surface area contributed by atoms with Crippen LogP contribution in [-0.2, 0) is 10.0 Å². The van der Waals surface area contributed by atoms with Crippen molar-refractivity contribution in [3.63, 3.8) is 0 Å². The molecule has 0 saturated carbocycles. The number of rotatable bonds is 6. The normalized spacial score (nSPS) is 11.3. The molecule has 0 aliphatic rings. The molecular formula is C21H19N5O3S. The molecule has 0 spiro atoms. The summed E-state index contributed by atoms with van der Waals surface area (Å²) in [5.41, 5.74) is 2.39. The molecule has 1 N–H and O–H groups in total. The van der Waals surface area contributed by atoms with E-state index in [9.17, 15) is 8.42 Å². The largest absolute Gasteiger partial charge is 0.438 e. The molecule has 4 aromatic rings. The number of sulfonamides is 1. The van der Waals surface area contributed by atoms with Crippen molar-refractivity contribution < 1.29 is 13.2 Å². The van der Waals surface area contributed by atoms with Crippen LogP contribution in [0, 0.1) is 13.8 Å². The van der Waals surface area contributed by atoms with E-state index in [0.29, 0.717) is 23.1 Å². The minimum absolute atomic E-state index is 0.221. The number of aromatic nitrogens is 4. The van der Waals surface area contributed by atoms with Crippen molar-refractivity contribution in [2.45, 2.75) is 18.7 Å². The number of ether oxygens (including phenoxy) is 1. The summed E-state index contributed by atoms with van der Waals surface area (Å²) in [5.74, 6) is 1.39. The second-order valence-electron chi connectivity index (χ2n) is 6.66. The van der Waals surface area contributed by atoms with Gasteiger partial charge in [-0.05, 0) is 73.5 Å². The molecule has 0 bridgehead atoms. The third kappa shape index (κ3) is 4.31. The lowest BCUT2D eigenvalue weighted by Gasteiger charge is -2.10. The summed E-state index contributed by atoms with van der Waals surface area (Å²) in [5, 5.41) is 12.2. The Morgan fingerprint density at radius 1 is 0.933 bits per heavy atom. The fourth-order valence-corrected chi connectivity index (χ4v) is 3.84. The zero-order chi connectivity index (χ0) is 21.1. The Bertz CT molecular complexity index is 1250. The summed E-state index contributed by atoms with van der Waals surface area (Å²) in [6.07, 6.45) is 3.42. The van der Waals surface area contributed by atoms with Gasteiger partial charge in [0.05, 0.1) is 4.90 Å². The monoisotopic (exact) mass is 421 g/mol. The Labute approximate surface area is 174 Å². The number of hydrogen-bond donors (Lipinski definition) is 1. The first kappa shape index (κ1) is 19.6. The van der Waals surface area contributed by atoms with E-state index in [1.54, 1.807) is 77.7 Å². The molecule has 0 amide bonds.